The molecule has 1 fully saturated rings. The summed E-state index contributed by atoms with van der Waals surface area (Å²) in [5.74, 6) is -1.30. The van der Waals surface area contributed by atoms with Crippen LogP contribution in [-0.4, -0.2) is 51.4 Å². The monoisotopic (exact) mass is 280 g/mol. The first-order valence-corrected chi connectivity index (χ1v) is 6.71. The van der Waals surface area contributed by atoms with Gasteiger partial charge in [0, 0.05) is 45.0 Å². The minimum atomic E-state index is -0.831. The van der Waals surface area contributed by atoms with E-state index in [0.29, 0.717) is 19.5 Å². The Kier molecular flexibility index (Phi) is 4.26. The molecule has 0 bridgehead atoms. The summed E-state index contributed by atoms with van der Waals surface area (Å²) in [7, 11) is 1.86. The van der Waals surface area contributed by atoms with Gasteiger partial charge in [0.05, 0.1) is 5.92 Å². The standard InChI is InChI=1S/C13H20N4O3/c1-9-7-17(8-11(9)12(18)19)13(20)14-5-3-10-4-6-15-16(10)2/h4,6,9,11H,3,5,7-8H2,1-2H3,(H,14,20)(H,18,19)/t9-,11-/m1/s1. The van der Waals surface area contributed by atoms with Crippen LogP contribution >= 0.6 is 0 Å². The van der Waals surface area contributed by atoms with E-state index < -0.39 is 11.9 Å². The molecule has 0 aliphatic carbocycles. The predicted molar refractivity (Wildman–Crippen MR) is 72.2 cm³/mol. The minimum Gasteiger partial charge on any atom is -0.481 e. The van der Waals surface area contributed by atoms with Crippen molar-refractivity contribution in [2.24, 2.45) is 18.9 Å². The Hall–Kier alpha value is -2.05. The van der Waals surface area contributed by atoms with E-state index in [1.807, 2.05) is 20.0 Å². The van der Waals surface area contributed by atoms with Crippen molar-refractivity contribution in [1.29, 1.82) is 0 Å². The highest BCUT2D eigenvalue weighted by molar-refractivity contribution is 5.77. The second-order valence-corrected chi connectivity index (χ2v) is 5.26. The number of amides is 2. The second-order valence-electron chi connectivity index (χ2n) is 5.26. The molecule has 1 saturated heterocycles. The van der Waals surface area contributed by atoms with Crippen LogP contribution < -0.4 is 5.32 Å². The molecule has 7 heteroatoms. The van der Waals surface area contributed by atoms with Gasteiger partial charge in [0.2, 0.25) is 0 Å². The molecule has 0 saturated carbocycles. The number of likely N-dealkylation sites (tertiary alicyclic amines) is 1. The zero-order valence-electron chi connectivity index (χ0n) is 11.7. The second kappa shape index (κ2) is 5.94. The number of nitrogens with one attached hydrogen (secondary N) is 1. The minimum absolute atomic E-state index is 0.00433. The fourth-order valence-electron chi connectivity index (χ4n) is 2.51. The Balaban J connectivity index is 1.78. The maximum atomic E-state index is 12.0. The number of hydrogen-bond acceptors (Lipinski definition) is 3. The van der Waals surface area contributed by atoms with Gasteiger partial charge in [-0.2, -0.15) is 5.10 Å². The van der Waals surface area contributed by atoms with Gasteiger partial charge >= 0.3 is 12.0 Å². The number of carbonyl (C=O) groups is 2. The number of carbonyl (C=O) groups excluding carboxylic acids is 1. The molecule has 20 heavy (non-hydrogen) atoms. The van der Waals surface area contributed by atoms with Gasteiger partial charge in [0.15, 0.2) is 0 Å². The molecule has 7 nitrogen and oxygen atoms in total. The highest BCUT2D eigenvalue weighted by atomic mass is 16.4. The lowest BCUT2D eigenvalue weighted by atomic mass is 9.99. The summed E-state index contributed by atoms with van der Waals surface area (Å²) in [5.41, 5.74) is 1.04. The van der Waals surface area contributed by atoms with E-state index in [-0.39, 0.29) is 18.5 Å². The van der Waals surface area contributed by atoms with Crippen molar-refractivity contribution in [3.05, 3.63) is 18.0 Å². The number of urea groups is 1. The number of carboxylic acids is 1. The lowest BCUT2D eigenvalue weighted by Crippen LogP contribution is -2.40. The van der Waals surface area contributed by atoms with Crippen molar-refractivity contribution >= 4 is 12.0 Å². The zero-order chi connectivity index (χ0) is 14.7. The first-order chi connectivity index (χ1) is 9.49. The smallest absolute Gasteiger partial charge is 0.317 e. The highest BCUT2D eigenvalue weighted by Gasteiger charge is 2.36. The Morgan fingerprint density at radius 1 is 1.50 bits per heavy atom. The largest absolute Gasteiger partial charge is 0.481 e. The van der Waals surface area contributed by atoms with Crippen molar-refractivity contribution in [2.45, 2.75) is 13.3 Å². The van der Waals surface area contributed by atoms with E-state index in [4.69, 9.17) is 5.11 Å². The normalized spacial score (nSPS) is 22.0. The van der Waals surface area contributed by atoms with Crippen molar-refractivity contribution in [2.75, 3.05) is 19.6 Å². The summed E-state index contributed by atoms with van der Waals surface area (Å²) in [6.45, 7) is 3.16. The third-order valence-corrected chi connectivity index (χ3v) is 3.80. The van der Waals surface area contributed by atoms with Gasteiger partial charge in [-0.25, -0.2) is 4.79 Å². The van der Waals surface area contributed by atoms with E-state index in [0.717, 1.165) is 5.69 Å². The first kappa shape index (κ1) is 14.4. The Labute approximate surface area is 117 Å². The quantitative estimate of drug-likeness (QED) is 0.831. The first-order valence-electron chi connectivity index (χ1n) is 6.71. The maximum Gasteiger partial charge on any atom is 0.317 e. The molecule has 2 amide bonds. The van der Waals surface area contributed by atoms with Crippen LogP contribution in [0.5, 0.6) is 0 Å². The summed E-state index contributed by atoms with van der Waals surface area (Å²) in [4.78, 5) is 24.6. The Bertz CT molecular complexity index is 500. The number of carboxylic acid groups (broad SMARTS) is 1. The molecule has 1 aliphatic heterocycles. The van der Waals surface area contributed by atoms with Gasteiger partial charge in [0.25, 0.3) is 0 Å². The molecular formula is C13H20N4O3. The lowest BCUT2D eigenvalue weighted by Gasteiger charge is -2.16. The molecule has 110 valence electrons. The van der Waals surface area contributed by atoms with E-state index in [1.165, 1.54) is 0 Å². The summed E-state index contributed by atoms with van der Waals surface area (Å²) in [5, 5.41) is 15.9. The molecule has 2 atom stereocenters. The summed E-state index contributed by atoms with van der Waals surface area (Å²) >= 11 is 0. The zero-order valence-corrected chi connectivity index (χ0v) is 11.7. The van der Waals surface area contributed by atoms with Crippen LogP contribution in [0.25, 0.3) is 0 Å². The van der Waals surface area contributed by atoms with E-state index in [2.05, 4.69) is 10.4 Å². The van der Waals surface area contributed by atoms with Crippen LogP contribution in [-0.2, 0) is 18.3 Å². The molecule has 2 heterocycles. The van der Waals surface area contributed by atoms with Crippen LogP contribution in [0, 0.1) is 11.8 Å². The third kappa shape index (κ3) is 3.09. The molecular weight excluding hydrogens is 260 g/mol. The van der Waals surface area contributed by atoms with Gasteiger partial charge in [-0.15, -0.1) is 0 Å². The number of aliphatic carboxylic acids is 1. The number of aryl methyl sites for hydroxylation is 1. The van der Waals surface area contributed by atoms with Crippen molar-refractivity contribution in [3.63, 3.8) is 0 Å². The maximum absolute atomic E-state index is 12.0. The molecule has 2 rings (SSSR count). The van der Waals surface area contributed by atoms with E-state index in [1.54, 1.807) is 15.8 Å². The topological polar surface area (TPSA) is 87.5 Å². The van der Waals surface area contributed by atoms with Crippen LogP contribution in [0.2, 0.25) is 0 Å². The van der Waals surface area contributed by atoms with Crippen molar-refractivity contribution in [3.8, 4) is 0 Å². The van der Waals surface area contributed by atoms with Crippen molar-refractivity contribution < 1.29 is 14.7 Å². The highest BCUT2D eigenvalue weighted by Crippen LogP contribution is 2.22. The fraction of sp³-hybridized carbons (Fsp3) is 0.615. The summed E-state index contributed by atoms with van der Waals surface area (Å²) in [6.07, 6.45) is 2.42. The molecule has 0 radical (unpaired) electrons. The Morgan fingerprint density at radius 3 is 2.80 bits per heavy atom. The lowest BCUT2D eigenvalue weighted by molar-refractivity contribution is -0.142. The number of aromatic nitrogens is 2. The Morgan fingerprint density at radius 2 is 2.25 bits per heavy atom. The van der Waals surface area contributed by atoms with E-state index >= 15 is 0 Å². The molecule has 1 aromatic rings. The summed E-state index contributed by atoms with van der Waals surface area (Å²) < 4.78 is 1.77. The van der Waals surface area contributed by atoms with Crippen molar-refractivity contribution in [1.82, 2.24) is 20.0 Å². The van der Waals surface area contributed by atoms with E-state index in [9.17, 15) is 9.59 Å². The molecule has 0 aromatic carbocycles. The van der Waals surface area contributed by atoms with Gasteiger partial charge in [-0.05, 0) is 12.0 Å². The molecule has 1 aliphatic rings. The van der Waals surface area contributed by atoms with Gasteiger partial charge in [-0.3, -0.25) is 9.48 Å². The molecule has 2 N–H and O–H groups in total. The number of rotatable bonds is 4. The number of nitrogens with zero attached hydrogens (tertiary/aromatic N) is 3. The summed E-state index contributed by atoms with van der Waals surface area (Å²) in [6, 6.07) is 1.72. The molecule has 0 spiro atoms. The van der Waals surface area contributed by atoms with Gasteiger partial charge in [-0.1, -0.05) is 6.92 Å². The third-order valence-electron chi connectivity index (χ3n) is 3.80. The molecule has 0 unspecified atom stereocenters. The van der Waals surface area contributed by atoms with Crippen LogP contribution in [0.3, 0.4) is 0 Å². The average molecular weight is 280 g/mol. The number of hydrogen-bond donors (Lipinski definition) is 2. The average Bonchev–Trinajstić information content (AvgIpc) is 2.96. The predicted octanol–water partition coefficient (Wildman–Crippen LogP) is 0.325. The molecule has 1 aromatic heterocycles. The van der Waals surface area contributed by atoms with Gasteiger partial charge < -0.3 is 15.3 Å². The van der Waals surface area contributed by atoms with Crippen LogP contribution in [0.15, 0.2) is 12.3 Å². The van der Waals surface area contributed by atoms with Crippen LogP contribution in [0.4, 0.5) is 4.79 Å². The van der Waals surface area contributed by atoms with Gasteiger partial charge in [0.1, 0.15) is 0 Å². The van der Waals surface area contributed by atoms with Crippen LogP contribution in [0.1, 0.15) is 12.6 Å². The fourth-order valence-corrected chi connectivity index (χ4v) is 2.51. The SMILES string of the molecule is C[C@@H]1CN(C(=O)NCCc2ccnn2C)C[C@H]1C(=O)O.